The molecule has 2 aliphatic rings. The van der Waals surface area contributed by atoms with Crippen LogP contribution in [0, 0.1) is 15.5 Å². The number of anilines is 1. The fourth-order valence-corrected chi connectivity index (χ4v) is 3.53. The van der Waals surface area contributed by atoms with Crippen molar-refractivity contribution in [3.63, 3.8) is 0 Å². The molecule has 0 saturated carbocycles. The van der Waals surface area contributed by atoms with Crippen molar-refractivity contribution in [2.45, 2.75) is 26.3 Å². The largest absolute Gasteiger partial charge is 0.373 e. The lowest BCUT2D eigenvalue weighted by atomic mass is 9.74. The first-order chi connectivity index (χ1) is 11.7. The first-order valence-electron chi connectivity index (χ1n) is 7.85. The summed E-state index contributed by atoms with van der Waals surface area (Å²) in [6, 6.07) is 3.23. The van der Waals surface area contributed by atoms with E-state index in [1.54, 1.807) is 31.9 Å². The molecule has 0 aliphatic carbocycles. The maximum absolute atomic E-state index is 13.0. The SMILES string of the molecule is CC(C)N1C(=O)NC(=O)[C@]2(Cc3cc([N+](=O)[O-])ccc3N(C)C2)C1=O. The third-order valence-electron chi connectivity index (χ3n) is 4.70. The highest BCUT2D eigenvalue weighted by Gasteiger charge is 2.56. The van der Waals surface area contributed by atoms with Crippen LogP contribution in [0.4, 0.5) is 16.2 Å². The number of fused-ring (bicyclic) bond motifs is 1. The van der Waals surface area contributed by atoms with Gasteiger partial charge in [-0.3, -0.25) is 29.9 Å². The van der Waals surface area contributed by atoms with Crippen LogP contribution in [0.3, 0.4) is 0 Å². The van der Waals surface area contributed by atoms with Crippen LogP contribution in [-0.2, 0) is 16.0 Å². The van der Waals surface area contributed by atoms with Gasteiger partial charge >= 0.3 is 6.03 Å². The molecule has 1 spiro atoms. The van der Waals surface area contributed by atoms with Gasteiger partial charge in [0, 0.05) is 37.5 Å². The highest BCUT2D eigenvalue weighted by molar-refractivity contribution is 6.20. The molecule has 1 aromatic carbocycles. The van der Waals surface area contributed by atoms with Crippen LogP contribution in [0.25, 0.3) is 0 Å². The van der Waals surface area contributed by atoms with Gasteiger partial charge in [-0.05, 0) is 31.9 Å². The molecule has 9 heteroatoms. The smallest absolute Gasteiger partial charge is 0.331 e. The van der Waals surface area contributed by atoms with E-state index < -0.39 is 34.2 Å². The summed E-state index contributed by atoms with van der Waals surface area (Å²) < 4.78 is 0. The standard InChI is InChI=1S/C16H18N4O5/c1-9(2)19-14(22)16(13(21)17-15(19)23)7-10-6-11(20(24)25)4-5-12(10)18(3)8-16/h4-6,9H,7-8H2,1-3H3,(H,17,21,23)/t16-/m1/s1. The number of nitro groups is 1. The number of rotatable bonds is 2. The van der Waals surface area contributed by atoms with Crippen molar-refractivity contribution in [2.75, 3.05) is 18.5 Å². The van der Waals surface area contributed by atoms with E-state index in [1.165, 1.54) is 12.1 Å². The van der Waals surface area contributed by atoms with E-state index in [0.29, 0.717) is 5.56 Å². The number of non-ortho nitro benzene ring substituents is 1. The summed E-state index contributed by atoms with van der Waals surface area (Å²) in [4.78, 5) is 50.9. The van der Waals surface area contributed by atoms with Crippen molar-refractivity contribution in [3.8, 4) is 0 Å². The van der Waals surface area contributed by atoms with Gasteiger partial charge in [0.15, 0.2) is 0 Å². The number of hydrogen-bond donors (Lipinski definition) is 1. The molecule has 9 nitrogen and oxygen atoms in total. The van der Waals surface area contributed by atoms with Gasteiger partial charge < -0.3 is 4.90 Å². The second-order valence-corrected chi connectivity index (χ2v) is 6.71. The monoisotopic (exact) mass is 346 g/mol. The Kier molecular flexibility index (Phi) is 3.74. The number of nitro benzene ring substituents is 1. The molecule has 0 unspecified atom stereocenters. The maximum Gasteiger partial charge on any atom is 0.331 e. The molecule has 1 fully saturated rings. The Morgan fingerprint density at radius 2 is 1.96 bits per heavy atom. The van der Waals surface area contributed by atoms with Crippen LogP contribution < -0.4 is 10.2 Å². The van der Waals surface area contributed by atoms with Crippen molar-refractivity contribution >= 4 is 29.2 Å². The molecule has 1 aromatic rings. The molecule has 2 aliphatic heterocycles. The van der Waals surface area contributed by atoms with Crippen LogP contribution in [0.2, 0.25) is 0 Å². The summed E-state index contributed by atoms with van der Waals surface area (Å²) in [6.07, 6.45) is 0.00944. The Bertz CT molecular complexity index is 806. The topological polar surface area (TPSA) is 113 Å². The van der Waals surface area contributed by atoms with Gasteiger partial charge in [-0.2, -0.15) is 0 Å². The zero-order chi connectivity index (χ0) is 18.5. The minimum absolute atomic E-state index is 0.00944. The minimum atomic E-state index is -1.48. The summed E-state index contributed by atoms with van der Waals surface area (Å²) >= 11 is 0. The predicted molar refractivity (Wildman–Crippen MR) is 88.0 cm³/mol. The number of hydrogen-bond acceptors (Lipinski definition) is 6. The van der Waals surface area contributed by atoms with E-state index in [2.05, 4.69) is 5.32 Å². The van der Waals surface area contributed by atoms with E-state index in [0.717, 1.165) is 10.6 Å². The highest BCUT2D eigenvalue weighted by Crippen LogP contribution is 2.40. The zero-order valence-corrected chi connectivity index (χ0v) is 14.1. The first kappa shape index (κ1) is 16.9. The summed E-state index contributed by atoms with van der Waals surface area (Å²) in [6.45, 7) is 3.47. The molecule has 0 bridgehead atoms. The number of barbiturate groups is 1. The number of nitrogens with one attached hydrogen (secondary N) is 1. The van der Waals surface area contributed by atoms with Crippen molar-refractivity contribution < 1.29 is 19.3 Å². The van der Waals surface area contributed by atoms with E-state index in [-0.39, 0.29) is 18.7 Å². The number of carbonyl (C=O) groups excluding carboxylic acids is 3. The fourth-order valence-electron chi connectivity index (χ4n) is 3.53. The quantitative estimate of drug-likeness (QED) is 0.487. The normalized spacial score (nSPS) is 23.1. The minimum Gasteiger partial charge on any atom is -0.373 e. The molecule has 1 atom stereocenters. The third-order valence-corrected chi connectivity index (χ3v) is 4.70. The molecule has 0 aromatic heterocycles. The van der Waals surface area contributed by atoms with Gasteiger partial charge in [0.05, 0.1) is 4.92 Å². The number of benzene rings is 1. The lowest BCUT2D eigenvalue weighted by Crippen LogP contribution is -2.69. The average molecular weight is 346 g/mol. The Labute approximate surface area is 143 Å². The molecule has 4 amide bonds. The van der Waals surface area contributed by atoms with Gasteiger partial charge in [-0.25, -0.2) is 4.79 Å². The summed E-state index contributed by atoms with van der Waals surface area (Å²) in [5.74, 6) is -1.23. The van der Waals surface area contributed by atoms with Crippen LogP contribution in [0.15, 0.2) is 18.2 Å². The summed E-state index contributed by atoms with van der Waals surface area (Å²) in [5.41, 5.74) is -0.325. The van der Waals surface area contributed by atoms with Crippen LogP contribution in [0.1, 0.15) is 19.4 Å². The van der Waals surface area contributed by atoms with Crippen LogP contribution in [0.5, 0.6) is 0 Å². The molecular weight excluding hydrogens is 328 g/mol. The Hall–Kier alpha value is -2.97. The van der Waals surface area contributed by atoms with Crippen molar-refractivity contribution in [1.82, 2.24) is 10.2 Å². The van der Waals surface area contributed by atoms with E-state index in [1.807, 2.05) is 0 Å². The van der Waals surface area contributed by atoms with Gasteiger partial charge in [0.25, 0.3) is 5.69 Å². The zero-order valence-electron chi connectivity index (χ0n) is 14.1. The third kappa shape index (κ3) is 2.43. The fraction of sp³-hybridized carbons (Fsp3) is 0.438. The average Bonchev–Trinajstić information content (AvgIpc) is 2.52. The lowest BCUT2D eigenvalue weighted by molar-refractivity contribution is -0.384. The number of nitrogens with zero attached hydrogens (tertiary/aromatic N) is 3. The molecule has 1 N–H and O–H groups in total. The maximum atomic E-state index is 13.0. The summed E-state index contributed by atoms with van der Waals surface area (Å²) in [7, 11) is 1.71. The van der Waals surface area contributed by atoms with Crippen molar-refractivity contribution in [2.24, 2.45) is 5.41 Å². The number of urea groups is 1. The Balaban J connectivity index is 2.09. The van der Waals surface area contributed by atoms with Gasteiger partial charge in [0.1, 0.15) is 5.41 Å². The van der Waals surface area contributed by atoms with Crippen LogP contribution >= 0.6 is 0 Å². The number of amides is 4. The number of imide groups is 2. The highest BCUT2D eigenvalue weighted by atomic mass is 16.6. The molecule has 3 rings (SSSR count). The van der Waals surface area contributed by atoms with Gasteiger partial charge in [-0.15, -0.1) is 0 Å². The molecule has 132 valence electrons. The number of carbonyl (C=O) groups is 3. The molecule has 2 heterocycles. The van der Waals surface area contributed by atoms with Gasteiger partial charge in [0.2, 0.25) is 11.8 Å². The Morgan fingerprint density at radius 3 is 2.56 bits per heavy atom. The van der Waals surface area contributed by atoms with E-state index in [4.69, 9.17) is 0 Å². The van der Waals surface area contributed by atoms with Crippen molar-refractivity contribution in [1.29, 1.82) is 0 Å². The lowest BCUT2D eigenvalue weighted by Gasteiger charge is -2.46. The predicted octanol–water partition coefficient (Wildman–Crippen LogP) is 1.06. The second-order valence-electron chi connectivity index (χ2n) is 6.71. The van der Waals surface area contributed by atoms with Gasteiger partial charge in [-0.1, -0.05) is 0 Å². The Morgan fingerprint density at radius 1 is 1.28 bits per heavy atom. The second kappa shape index (κ2) is 5.54. The molecule has 1 saturated heterocycles. The molecular formula is C16H18N4O5. The van der Waals surface area contributed by atoms with E-state index >= 15 is 0 Å². The van der Waals surface area contributed by atoms with Crippen molar-refractivity contribution in [3.05, 3.63) is 33.9 Å². The first-order valence-corrected chi connectivity index (χ1v) is 7.85. The molecule has 25 heavy (non-hydrogen) atoms. The van der Waals surface area contributed by atoms with Crippen LogP contribution in [-0.4, -0.2) is 47.3 Å². The summed E-state index contributed by atoms with van der Waals surface area (Å²) in [5, 5.41) is 13.3. The van der Waals surface area contributed by atoms with E-state index in [9.17, 15) is 24.5 Å². The molecule has 0 radical (unpaired) electrons.